The fourth-order valence-corrected chi connectivity index (χ4v) is 4.71. The molecule has 8 heteroatoms. The van der Waals surface area contributed by atoms with E-state index in [2.05, 4.69) is 9.88 Å². The first kappa shape index (κ1) is 22.5. The Labute approximate surface area is 187 Å². The molecule has 2 aliphatic rings. The Bertz CT molecular complexity index is 931. The summed E-state index contributed by atoms with van der Waals surface area (Å²) in [5.41, 5.74) is 0.860. The molecule has 2 aliphatic heterocycles. The molecular weight excluding hydrogens is 410 g/mol. The van der Waals surface area contributed by atoms with E-state index in [1.807, 2.05) is 35.2 Å². The van der Waals surface area contributed by atoms with Gasteiger partial charge in [0.2, 0.25) is 5.91 Å². The van der Waals surface area contributed by atoms with Crippen molar-refractivity contribution in [3.8, 4) is 5.75 Å². The Morgan fingerprint density at radius 1 is 1.03 bits per heavy atom. The number of aliphatic carboxylic acids is 1. The maximum absolute atomic E-state index is 12.8. The third-order valence-electron chi connectivity index (χ3n) is 6.60. The molecule has 0 bridgehead atoms. The zero-order chi connectivity index (χ0) is 22.5. The van der Waals surface area contributed by atoms with Gasteiger partial charge in [-0.2, -0.15) is 0 Å². The van der Waals surface area contributed by atoms with Crippen LogP contribution in [0.4, 0.5) is 0 Å². The predicted molar refractivity (Wildman–Crippen MR) is 119 cm³/mol. The van der Waals surface area contributed by atoms with E-state index in [9.17, 15) is 14.7 Å². The van der Waals surface area contributed by atoms with Crippen LogP contribution in [0.3, 0.4) is 0 Å². The Morgan fingerprint density at radius 3 is 2.47 bits per heavy atom. The highest BCUT2D eigenvalue weighted by Gasteiger charge is 2.32. The van der Waals surface area contributed by atoms with E-state index in [-0.39, 0.29) is 24.3 Å². The lowest BCUT2D eigenvalue weighted by atomic mass is 9.92. The van der Waals surface area contributed by atoms with E-state index in [1.54, 1.807) is 6.20 Å². The third-order valence-corrected chi connectivity index (χ3v) is 6.60. The molecule has 8 nitrogen and oxygen atoms in total. The molecular formula is C24H31N3O5. The molecule has 1 atom stereocenters. The Balaban J connectivity index is 1.20. The van der Waals surface area contributed by atoms with Gasteiger partial charge in [0.15, 0.2) is 0 Å². The van der Waals surface area contributed by atoms with Crippen LogP contribution < -0.4 is 4.74 Å². The lowest BCUT2D eigenvalue weighted by Gasteiger charge is -2.37. The molecule has 2 saturated heterocycles. The van der Waals surface area contributed by atoms with Crippen LogP contribution in [0.25, 0.3) is 10.9 Å². The van der Waals surface area contributed by atoms with Crippen molar-refractivity contribution < 1.29 is 24.5 Å². The summed E-state index contributed by atoms with van der Waals surface area (Å²) < 4.78 is 5.87. The molecule has 4 rings (SSSR count). The van der Waals surface area contributed by atoms with Crippen LogP contribution in [0.1, 0.15) is 25.7 Å². The van der Waals surface area contributed by atoms with Crippen LogP contribution in [-0.2, 0) is 9.59 Å². The van der Waals surface area contributed by atoms with Crippen LogP contribution in [0, 0.1) is 11.8 Å². The molecule has 0 aliphatic carbocycles. The molecule has 2 fully saturated rings. The van der Waals surface area contributed by atoms with Gasteiger partial charge in [-0.05, 0) is 63.0 Å². The minimum absolute atomic E-state index is 0.01000. The number of carbonyl (C=O) groups is 2. The number of hydrogen-bond acceptors (Lipinski definition) is 6. The summed E-state index contributed by atoms with van der Waals surface area (Å²) in [6, 6.07) is 9.52. The maximum Gasteiger partial charge on any atom is 0.306 e. The monoisotopic (exact) mass is 441 g/mol. The largest absolute Gasteiger partial charge is 0.490 e. The third kappa shape index (κ3) is 5.37. The first-order chi connectivity index (χ1) is 15.5. The summed E-state index contributed by atoms with van der Waals surface area (Å²) in [5.74, 6) is -0.225. The van der Waals surface area contributed by atoms with Crippen molar-refractivity contribution in [1.29, 1.82) is 0 Å². The first-order valence-corrected chi connectivity index (χ1v) is 11.4. The van der Waals surface area contributed by atoms with Crippen LogP contribution in [0.2, 0.25) is 0 Å². The Hall–Kier alpha value is -2.71. The average Bonchev–Trinajstić information content (AvgIpc) is 2.83. The number of fused-ring (bicyclic) bond motifs is 1. The number of piperidine rings is 2. The summed E-state index contributed by atoms with van der Waals surface area (Å²) in [5, 5.41) is 20.5. The number of rotatable bonds is 7. The molecule has 0 radical (unpaired) electrons. The number of carboxylic acids is 1. The van der Waals surface area contributed by atoms with E-state index in [4.69, 9.17) is 9.84 Å². The number of hydrogen-bond donors (Lipinski definition) is 2. The van der Waals surface area contributed by atoms with Gasteiger partial charge in [-0.3, -0.25) is 14.6 Å². The number of aliphatic hydroxyl groups is 1. The number of pyridine rings is 1. The van der Waals surface area contributed by atoms with Crippen molar-refractivity contribution in [2.75, 3.05) is 39.3 Å². The second-order valence-electron chi connectivity index (χ2n) is 8.80. The lowest BCUT2D eigenvalue weighted by Crippen LogP contribution is -2.47. The van der Waals surface area contributed by atoms with Gasteiger partial charge < -0.3 is 24.7 Å². The van der Waals surface area contributed by atoms with Crippen LogP contribution in [-0.4, -0.2) is 82.3 Å². The van der Waals surface area contributed by atoms with Gasteiger partial charge in [-0.25, -0.2) is 0 Å². The highest BCUT2D eigenvalue weighted by atomic mass is 16.5. The van der Waals surface area contributed by atoms with Gasteiger partial charge >= 0.3 is 5.97 Å². The molecule has 2 N–H and O–H groups in total. The number of carboxylic acid groups (broad SMARTS) is 1. The standard InChI is InChI=1S/C24H31N3O5/c28-19(16-32-22-5-1-4-21-20(22)3-2-10-25-21)15-26-11-6-17(7-12-26)23(29)27-13-8-18(9-14-27)24(30)31/h1-5,10,17-19,28H,6-9,11-16H2,(H,30,31). The van der Waals surface area contributed by atoms with Gasteiger partial charge in [0.25, 0.3) is 0 Å². The van der Waals surface area contributed by atoms with Gasteiger partial charge in [0.1, 0.15) is 18.5 Å². The number of ether oxygens (including phenoxy) is 1. The van der Waals surface area contributed by atoms with Gasteiger partial charge in [0.05, 0.1) is 11.4 Å². The molecule has 172 valence electrons. The van der Waals surface area contributed by atoms with Crippen molar-refractivity contribution in [1.82, 2.24) is 14.8 Å². The highest BCUT2D eigenvalue weighted by molar-refractivity contribution is 5.84. The quantitative estimate of drug-likeness (QED) is 0.677. The van der Waals surface area contributed by atoms with E-state index < -0.39 is 12.1 Å². The van der Waals surface area contributed by atoms with Crippen LogP contribution in [0.5, 0.6) is 5.75 Å². The number of carbonyl (C=O) groups excluding carboxylic acids is 1. The van der Waals surface area contributed by atoms with E-state index >= 15 is 0 Å². The molecule has 32 heavy (non-hydrogen) atoms. The summed E-state index contributed by atoms with van der Waals surface area (Å²) in [4.78, 5) is 32.2. The molecule has 0 saturated carbocycles. The number of nitrogens with zero attached hydrogens (tertiary/aromatic N) is 3. The van der Waals surface area contributed by atoms with Crippen LogP contribution >= 0.6 is 0 Å². The molecule has 2 aromatic rings. The number of likely N-dealkylation sites (tertiary alicyclic amines) is 2. The Morgan fingerprint density at radius 2 is 1.75 bits per heavy atom. The SMILES string of the molecule is O=C(O)C1CCN(C(=O)C2CCN(CC(O)COc3cccc4ncccc34)CC2)CC1. The van der Waals surface area contributed by atoms with Crippen molar-refractivity contribution in [2.24, 2.45) is 11.8 Å². The van der Waals surface area contributed by atoms with Gasteiger partial charge in [-0.15, -0.1) is 0 Å². The molecule has 1 amide bonds. The zero-order valence-corrected chi connectivity index (χ0v) is 18.2. The smallest absolute Gasteiger partial charge is 0.306 e. The topological polar surface area (TPSA) is 103 Å². The number of benzene rings is 1. The van der Waals surface area contributed by atoms with Gasteiger partial charge in [-0.1, -0.05) is 6.07 Å². The molecule has 1 aromatic carbocycles. The molecule has 0 spiro atoms. The zero-order valence-electron chi connectivity index (χ0n) is 18.2. The summed E-state index contributed by atoms with van der Waals surface area (Å²) in [6.45, 7) is 3.30. The van der Waals surface area contributed by atoms with Crippen molar-refractivity contribution in [3.05, 3.63) is 36.5 Å². The minimum Gasteiger partial charge on any atom is -0.490 e. The normalized spacial score (nSPS) is 19.7. The summed E-state index contributed by atoms with van der Waals surface area (Å²) in [6.07, 6.45) is 3.73. The second kappa shape index (κ2) is 10.3. The van der Waals surface area contributed by atoms with Crippen LogP contribution in [0.15, 0.2) is 36.5 Å². The summed E-state index contributed by atoms with van der Waals surface area (Å²) in [7, 11) is 0. The molecule has 3 heterocycles. The summed E-state index contributed by atoms with van der Waals surface area (Å²) >= 11 is 0. The van der Waals surface area contributed by atoms with E-state index in [1.165, 1.54) is 0 Å². The fourth-order valence-electron chi connectivity index (χ4n) is 4.71. The van der Waals surface area contributed by atoms with Crippen molar-refractivity contribution in [3.63, 3.8) is 0 Å². The van der Waals surface area contributed by atoms with E-state index in [0.717, 1.165) is 36.8 Å². The van der Waals surface area contributed by atoms with Gasteiger partial charge in [0, 0.05) is 37.1 Å². The molecule has 1 unspecified atom stereocenters. The minimum atomic E-state index is -0.759. The Kier molecular flexibility index (Phi) is 7.22. The average molecular weight is 442 g/mol. The highest BCUT2D eigenvalue weighted by Crippen LogP contribution is 2.25. The van der Waals surface area contributed by atoms with Crippen molar-refractivity contribution >= 4 is 22.8 Å². The number of aliphatic hydroxyl groups excluding tert-OH is 1. The second-order valence-corrected chi connectivity index (χ2v) is 8.80. The van der Waals surface area contributed by atoms with Crippen molar-refractivity contribution in [2.45, 2.75) is 31.8 Å². The first-order valence-electron chi connectivity index (χ1n) is 11.4. The number of β-amino-alcohol motifs (C(OH)–C–C–N with tert-alkyl or cyclic N) is 1. The number of amides is 1. The predicted octanol–water partition coefficient (Wildman–Crippen LogP) is 2.01. The molecule has 1 aromatic heterocycles. The lowest BCUT2D eigenvalue weighted by molar-refractivity contribution is -0.147. The fraction of sp³-hybridized carbons (Fsp3) is 0.542. The maximum atomic E-state index is 12.8. The van der Waals surface area contributed by atoms with E-state index in [0.29, 0.717) is 38.2 Å². The number of aromatic nitrogens is 1.